The zero-order valence-corrected chi connectivity index (χ0v) is 20.0. The summed E-state index contributed by atoms with van der Waals surface area (Å²) < 4.78 is 28.0. The number of sulfonamides is 1. The third-order valence-corrected chi connectivity index (χ3v) is 9.10. The van der Waals surface area contributed by atoms with Gasteiger partial charge in [0.1, 0.15) is 4.21 Å². The van der Waals surface area contributed by atoms with E-state index >= 15 is 0 Å². The molecule has 1 aliphatic heterocycles. The van der Waals surface area contributed by atoms with E-state index in [1.54, 1.807) is 40.7 Å². The molecule has 0 aliphatic carbocycles. The minimum atomic E-state index is -3.55. The highest BCUT2D eigenvalue weighted by atomic mass is 35.5. The van der Waals surface area contributed by atoms with Crippen molar-refractivity contribution in [1.29, 1.82) is 0 Å². The van der Waals surface area contributed by atoms with Gasteiger partial charge in [-0.1, -0.05) is 29.3 Å². The molecule has 6 nitrogen and oxygen atoms in total. The smallest absolute Gasteiger partial charge is 0.252 e. The fourth-order valence-electron chi connectivity index (χ4n) is 3.53. The lowest BCUT2D eigenvalue weighted by atomic mass is 10.2. The summed E-state index contributed by atoms with van der Waals surface area (Å²) in [4.78, 5) is 15.3. The van der Waals surface area contributed by atoms with Crippen molar-refractivity contribution in [2.75, 3.05) is 31.1 Å². The number of benzene rings is 2. The third kappa shape index (κ3) is 5.15. The molecular weight excluding hydrogens is 466 g/mol. The van der Waals surface area contributed by atoms with E-state index in [2.05, 4.69) is 34.5 Å². The Morgan fingerprint density at radius 3 is 2.28 bits per heavy atom. The van der Waals surface area contributed by atoms with Crippen molar-refractivity contribution in [2.24, 2.45) is 0 Å². The fourth-order valence-corrected chi connectivity index (χ4v) is 6.53. The molecule has 2 heterocycles. The number of aryl methyl sites for hydroxylation is 1. The monoisotopic (exact) mass is 489 g/mol. The van der Waals surface area contributed by atoms with Crippen LogP contribution in [0.3, 0.4) is 0 Å². The number of carbonyl (C=O) groups excluding carboxylic acids is 1. The van der Waals surface area contributed by atoms with Gasteiger partial charge in [-0.3, -0.25) is 4.79 Å². The Morgan fingerprint density at radius 1 is 0.969 bits per heavy atom. The predicted molar refractivity (Wildman–Crippen MR) is 129 cm³/mol. The summed E-state index contributed by atoms with van der Waals surface area (Å²) in [6.07, 6.45) is 0. The van der Waals surface area contributed by atoms with E-state index in [0.29, 0.717) is 41.0 Å². The Hall–Kier alpha value is -2.39. The number of amides is 1. The first-order chi connectivity index (χ1) is 15.3. The molecule has 0 radical (unpaired) electrons. The summed E-state index contributed by atoms with van der Waals surface area (Å²) in [6, 6.07) is 18.3. The maximum atomic E-state index is 13.1. The standard InChI is InChI=1S/C23H24ClN3O3S2/c1-17-2-8-20(9-3-17)26-12-14-27(15-13-26)32(29,30)22-11-10-21(31-22)16-25-23(28)18-4-6-19(24)7-5-18/h2-11H,12-16H2,1H3,(H,25,28). The van der Waals surface area contributed by atoms with E-state index in [1.165, 1.54) is 16.9 Å². The van der Waals surface area contributed by atoms with Gasteiger partial charge >= 0.3 is 0 Å². The Bertz CT molecular complexity index is 1180. The number of carbonyl (C=O) groups is 1. The van der Waals surface area contributed by atoms with Crippen LogP contribution in [0.25, 0.3) is 0 Å². The molecule has 3 aromatic rings. The highest BCUT2D eigenvalue weighted by molar-refractivity contribution is 7.91. The van der Waals surface area contributed by atoms with E-state index in [0.717, 1.165) is 10.6 Å². The minimum Gasteiger partial charge on any atom is -0.369 e. The van der Waals surface area contributed by atoms with Crippen molar-refractivity contribution in [2.45, 2.75) is 17.7 Å². The number of thiophene rings is 1. The van der Waals surface area contributed by atoms with Gasteiger partial charge in [0.25, 0.3) is 15.9 Å². The van der Waals surface area contributed by atoms with E-state index in [-0.39, 0.29) is 12.5 Å². The molecule has 168 valence electrons. The molecule has 0 spiro atoms. The Morgan fingerprint density at radius 2 is 1.62 bits per heavy atom. The predicted octanol–water partition coefficient (Wildman–Crippen LogP) is 4.15. The molecule has 1 saturated heterocycles. The molecule has 0 atom stereocenters. The van der Waals surface area contributed by atoms with Crippen molar-refractivity contribution in [3.05, 3.63) is 81.7 Å². The van der Waals surface area contributed by atoms with E-state index in [1.807, 2.05) is 6.92 Å². The van der Waals surface area contributed by atoms with Crippen molar-refractivity contribution in [1.82, 2.24) is 9.62 Å². The van der Waals surface area contributed by atoms with Gasteiger partial charge in [-0.2, -0.15) is 4.31 Å². The Balaban J connectivity index is 1.35. The number of nitrogens with zero attached hydrogens (tertiary/aromatic N) is 2. The molecule has 0 saturated carbocycles. The summed E-state index contributed by atoms with van der Waals surface area (Å²) in [5, 5.41) is 3.38. The first-order valence-electron chi connectivity index (χ1n) is 10.3. The number of piperazine rings is 1. The summed E-state index contributed by atoms with van der Waals surface area (Å²) in [5.41, 5.74) is 2.82. The molecule has 0 bridgehead atoms. The van der Waals surface area contributed by atoms with Gasteiger partial charge < -0.3 is 10.2 Å². The lowest BCUT2D eigenvalue weighted by Crippen LogP contribution is -2.48. The number of nitrogens with one attached hydrogen (secondary N) is 1. The van der Waals surface area contributed by atoms with Crippen LogP contribution in [0.4, 0.5) is 5.69 Å². The fraction of sp³-hybridized carbons (Fsp3) is 0.261. The molecule has 2 aromatic carbocycles. The van der Waals surface area contributed by atoms with E-state index in [9.17, 15) is 13.2 Å². The second kappa shape index (κ2) is 9.62. The lowest BCUT2D eigenvalue weighted by Gasteiger charge is -2.35. The van der Waals surface area contributed by atoms with Crippen molar-refractivity contribution in [3.63, 3.8) is 0 Å². The normalized spacial score (nSPS) is 15.0. The summed E-state index contributed by atoms with van der Waals surface area (Å²) in [7, 11) is -3.55. The molecule has 1 amide bonds. The maximum absolute atomic E-state index is 13.1. The molecular formula is C23H24ClN3O3S2. The van der Waals surface area contributed by atoms with Gasteiger partial charge in [0.15, 0.2) is 0 Å². The molecule has 1 N–H and O–H groups in total. The first-order valence-corrected chi connectivity index (χ1v) is 12.9. The summed E-state index contributed by atoms with van der Waals surface area (Å²) in [6.45, 7) is 4.50. The second-order valence-electron chi connectivity index (χ2n) is 7.64. The number of rotatable bonds is 6. The van der Waals surface area contributed by atoms with Crippen LogP contribution in [-0.4, -0.2) is 44.8 Å². The zero-order valence-electron chi connectivity index (χ0n) is 17.6. The van der Waals surface area contributed by atoms with Crippen molar-refractivity contribution < 1.29 is 13.2 Å². The average Bonchev–Trinajstić information content (AvgIpc) is 3.29. The number of hydrogen-bond donors (Lipinski definition) is 1. The summed E-state index contributed by atoms with van der Waals surface area (Å²) in [5.74, 6) is -0.230. The Labute approximate surface area is 197 Å². The van der Waals surface area contributed by atoms with Gasteiger partial charge in [0.05, 0.1) is 6.54 Å². The highest BCUT2D eigenvalue weighted by Crippen LogP contribution is 2.27. The molecule has 9 heteroatoms. The maximum Gasteiger partial charge on any atom is 0.252 e. The summed E-state index contributed by atoms with van der Waals surface area (Å²) >= 11 is 7.04. The lowest BCUT2D eigenvalue weighted by molar-refractivity contribution is 0.0951. The van der Waals surface area contributed by atoms with Crippen molar-refractivity contribution in [3.8, 4) is 0 Å². The van der Waals surface area contributed by atoms with Gasteiger partial charge in [-0.05, 0) is 55.5 Å². The van der Waals surface area contributed by atoms with Gasteiger partial charge in [-0.25, -0.2) is 8.42 Å². The quantitative estimate of drug-likeness (QED) is 0.564. The second-order valence-corrected chi connectivity index (χ2v) is 11.4. The SMILES string of the molecule is Cc1ccc(N2CCN(S(=O)(=O)c3ccc(CNC(=O)c4ccc(Cl)cc4)s3)CC2)cc1. The van der Waals surface area contributed by atoms with Crippen LogP contribution in [0.5, 0.6) is 0 Å². The number of halogens is 1. The molecule has 4 rings (SSSR count). The van der Waals surface area contributed by atoms with Crippen LogP contribution in [0.1, 0.15) is 20.8 Å². The van der Waals surface area contributed by atoms with Crippen molar-refractivity contribution >= 4 is 44.6 Å². The molecule has 1 aromatic heterocycles. The minimum absolute atomic E-state index is 0.230. The number of anilines is 1. The Kier molecular flexibility index (Phi) is 6.85. The molecule has 1 aliphatic rings. The molecule has 32 heavy (non-hydrogen) atoms. The molecule has 0 unspecified atom stereocenters. The van der Waals surface area contributed by atoms with Crippen LogP contribution in [0.15, 0.2) is 64.9 Å². The van der Waals surface area contributed by atoms with Crippen LogP contribution in [0, 0.1) is 6.92 Å². The zero-order chi connectivity index (χ0) is 22.7. The van der Waals surface area contributed by atoms with Crippen LogP contribution in [0.2, 0.25) is 5.02 Å². The van der Waals surface area contributed by atoms with E-state index < -0.39 is 10.0 Å². The highest BCUT2D eigenvalue weighted by Gasteiger charge is 2.29. The van der Waals surface area contributed by atoms with Gasteiger partial charge in [0, 0.05) is 47.3 Å². The molecule has 1 fully saturated rings. The largest absolute Gasteiger partial charge is 0.369 e. The van der Waals surface area contributed by atoms with E-state index in [4.69, 9.17) is 11.6 Å². The van der Waals surface area contributed by atoms with Crippen LogP contribution in [-0.2, 0) is 16.6 Å². The van der Waals surface area contributed by atoms with Crippen LogP contribution < -0.4 is 10.2 Å². The number of hydrogen-bond acceptors (Lipinski definition) is 5. The van der Waals surface area contributed by atoms with Crippen LogP contribution >= 0.6 is 22.9 Å². The van der Waals surface area contributed by atoms with Gasteiger partial charge in [0.2, 0.25) is 0 Å². The average molecular weight is 490 g/mol. The van der Waals surface area contributed by atoms with Gasteiger partial charge in [-0.15, -0.1) is 11.3 Å². The first kappa shape index (κ1) is 22.8. The third-order valence-electron chi connectivity index (χ3n) is 5.40. The topological polar surface area (TPSA) is 69.7 Å².